The molecule has 1 N–H and O–H groups in total. The number of anilines is 1. The zero-order valence-corrected chi connectivity index (χ0v) is 22.4. The first kappa shape index (κ1) is 25.9. The number of fused-ring (bicyclic) bond motifs is 1. The minimum Gasteiger partial charge on any atom is -0.326 e. The lowest BCUT2D eigenvalue weighted by atomic mass is 10.1. The maximum Gasteiger partial charge on any atom is 0.252 e. The number of amides is 1. The molecule has 0 bridgehead atoms. The number of sulfonamides is 1. The zero-order chi connectivity index (χ0) is 26.9. The monoisotopic (exact) mass is 533 g/mol. The summed E-state index contributed by atoms with van der Waals surface area (Å²) in [5.41, 5.74) is 3.42. The first-order chi connectivity index (χ1) is 18.3. The van der Waals surface area contributed by atoms with Gasteiger partial charge in [-0.1, -0.05) is 24.6 Å². The van der Waals surface area contributed by atoms with Gasteiger partial charge in [0.15, 0.2) is 0 Å². The van der Waals surface area contributed by atoms with Crippen molar-refractivity contribution in [2.75, 3.05) is 18.4 Å². The molecule has 1 fully saturated rings. The second-order valence-corrected chi connectivity index (χ2v) is 11.6. The quantitative estimate of drug-likeness (QED) is 0.386. The van der Waals surface area contributed by atoms with E-state index in [2.05, 4.69) is 10.4 Å². The summed E-state index contributed by atoms with van der Waals surface area (Å²) < 4.78 is 30.6. The Morgan fingerprint density at radius 1 is 0.974 bits per heavy atom. The first-order valence-corrected chi connectivity index (χ1v) is 14.2. The number of carbonyl (C=O) groups is 1. The molecule has 2 aromatic heterocycles. The molecular formula is C28H31N5O4S. The highest BCUT2D eigenvalue weighted by molar-refractivity contribution is 7.89. The van der Waals surface area contributed by atoms with Gasteiger partial charge in [0, 0.05) is 43.2 Å². The van der Waals surface area contributed by atoms with Crippen LogP contribution < -0.4 is 10.9 Å². The largest absolute Gasteiger partial charge is 0.326 e. The molecule has 9 nitrogen and oxygen atoms in total. The minimum absolute atomic E-state index is 0.0604. The van der Waals surface area contributed by atoms with Crippen LogP contribution in [0, 0.1) is 13.8 Å². The van der Waals surface area contributed by atoms with Gasteiger partial charge in [-0.05, 0) is 68.7 Å². The average Bonchev–Trinajstić information content (AvgIpc) is 3.27. The van der Waals surface area contributed by atoms with Crippen LogP contribution in [0.1, 0.15) is 36.9 Å². The van der Waals surface area contributed by atoms with Gasteiger partial charge in [0.05, 0.1) is 16.3 Å². The van der Waals surface area contributed by atoms with E-state index in [0.717, 1.165) is 41.6 Å². The van der Waals surface area contributed by atoms with Crippen LogP contribution in [-0.2, 0) is 21.4 Å². The van der Waals surface area contributed by atoms with Crippen LogP contribution in [0.5, 0.6) is 0 Å². The number of hydrogen-bond donors (Lipinski definition) is 1. The lowest BCUT2D eigenvalue weighted by Gasteiger charge is -2.25. The Kier molecular flexibility index (Phi) is 7.18. The van der Waals surface area contributed by atoms with Crippen molar-refractivity contribution in [3.63, 3.8) is 0 Å². The number of nitrogens with one attached hydrogen (secondary N) is 1. The van der Waals surface area contributed by atoms with E-state index in [4.69, 9.17) is 0 Å². The Labute approximate surface area is 221 Å². The number of rotatable bonds is 7. The summed E-state index contributed by atoms with van der Waals surface area (Å²) >= 11 is 0. The molecule has 4 aromatic rings. The Balaban J connectivity index is 1.34. The number of hydrogen-bond acceptors (Lipinski definition) is 5. The molecule has 3 heterocycles. The van der Waals surface area contributed by atoms with Gasteiger partial charge in [0.25, 0.3) is 5.56 Å². The van der Waals surface area contributed by atoms with Crippen LogP contribution in [0.25, 0.3) is 16.7 Å². The number of para-hydroxylation sites is 1. The molecule has 0 unspecified atom stereocenters. The van der Waals surface area contributed by atoms with E-state index in [9.17, 15) is 18.0 Å². The highest BCUT2D eigenvalue weighted by Crippen LogP contribution is 2.25. The van der Waals surface area contributed by atoms with E-state index >= 15 is 0 Å². The van der Waals surface area contributed by atoms with Crippen molar-refractivity contribution in [1.82, 2.24) is 18.7 Å². The van der Waals surface area contributed by atoms with Crippen LogP contribution in [-0.4, -0.2) is 46.1 Å². The molecule has 1 saturated heterocycles. The molecule has 0 radical (unpaired) electrons. The van der Waals surface area contributed by atoms with Crippen molar-refractivity contribution in [2.24, 2.45) is 0 Å². The third kappa shape index (κ3) is 5.01. The maximum absolute atomic E-state index is 13.0. The van der Waals surface area contributed by atoms with Gasteiger partial charge in [-0.3, -0.25) is 14.2 Å². The van der Waals surface area contributed by atoms with Crippen molar-refractivity contribution in [3.05, 3.63) is 82.3 Å². The second kappa shape index (κ2) is 10.5. The van der Waals surface area contributed by atoms with Crippen LogP contribution >= 0.6 is 0 Å². The summed E-state index contributed by atoms with van der Waals surface area (Å²) in [7, 11) is -3.53. The number of carbonyl (C=O) groups excluding carboxylic acids is 1. The summed E-state index contributed by atoms with van der Waals surface area (Å²) in [4.78, 5) is 26.0. The Morgan fingerprint density at radius 2 is 1.66 bits per heavy atom. The van der Waals surface area contributed by atoms with Gasteiger partial charge < -0.3 is 5.32 Å². The number of benzene rings is 2. The first-order valence-electron chi connectivity index (χ1n) is 12.8. The molecule has 1 aliphatic heterocycles. The van der Waals surface area contributed by atoms with Gasteiger partial charge >= 0.3 is 0 Å². The maximum atomic E-state index is 13.0. The molecule has 38 heavy (non-hydrogen) atoms. The molecule has 0 saturated carbocycles. The average molecular weight is 534 g/mol. The van der Waals surface area contributed by atoms with Crippen molar-refractivity contribution < 1.29 is 13.2 Å². The molecule has 2 aromatic carbocycles. The summed E-state index contributed by atoms with van der Waals surface area (Å²) in [6.07, 6.45) is 2.85. The summed E-state index contributed by atoms with van der Waals surface area (Å²) in [5, 5.41) is 8.39. The molecular weight excluding hydrogens is 502 g/mol. The number of aryl methyl sites for hydroxylation is 3. The van der Waals surface area contributed by atoms with Crippen LogP contribution in [0.4, 0.5) is 5.69 Å². The van der Waals surface area contributed by atoms with Gasteiger partial charge in [0.2, 0.25) is 15.9 Å². The lowest BCUT2D eigenvalue weighted by Crippen LogP contribution is -2.35. The molecule has 5 rings (SSSR count). The standard InChI is InChI=1S/C28H31N5O4S/c1-20-19-26(35)32(28-27(20)21(2)30-33(28)23-9-5-3-6-10-23)18-15-25(34)29-22-11-13-24(14-12-22)38(36,37)31-16-7-4-8-17-31/h3,5-6,9-14,19H,4,7-8,15-18H2,1-2H3,(H,29,34). The molecule has 198 valence electrons. The SMILES string of the molecule is Cc1cc(=O)n(CCC(=O)Nc2ccc(S(=O)(=O)N3CCCCC3)cc2)c2c1c(C)nn2-c1ccccc1. The van der Waals surface area contributed by atoms with E-state index in [1.807, 2.05) is 44.2 Å². The van der Waals surface area contributed by atoms with Crippen LogP contribution in [0.2, 0.25) is 0 Å². The third-order valence-electron chi connectivity index (χ3n) is 6.95. The Hall–Kier alpha value is -3.76. The topological polar surface area (TPSA) is 106 Å². The van der Waals surface area contributed by atoms with E-state index in [-0.39, 0.29) is 29.3 Å². The normalized spacial score (nSPS) is 14.6. The van der Waals surface area contributed by atoms with E-state index in [1.165, 1.54) is 16.4 Å². The van der Waals surface area contributed by atoms with E-state index < -0.39 is 10.0 Å². The Morgan fingerprint density at radius 3 is 2.34 bits per heavy atom. The molecule has 1 amide bonds. The highest BCUT2D eigenvalue weighted by Gasteiger charge is 2.25. The number of pyridine rings is 1. The highest BCUT2D eigenvalue weighted by atomic mass is 32.2. The fourth-order valence-electron chi connectivity index (χ4n) is 5.03. The zero-order valence-electron chi connectivity index (χ0n) is 21.6. The summed E-state index contributed by atoms with van der Waals surface area (Å²) in [6.45, 7) is 5.04. The lowest BCUT2D eigenvalue weighted by molar-refractivity contribution is -0.116. The molecule has 0 spiro atoms. The van der Waals surface area contributed by atoms with E-state index in [0.29, 0.717) is 24.4 Å². The van der Waals surface area contributed by atoms with Gasteiger partial charge in [-0.25, -0.2) is 13.1 Å². The van der Waals surface area contributed by atoms with Crippen molar-refractivity contribution >= 4 is 32.7 Å². The van der Waals surface area contributed by atoms with Crippen LogP contribution in [0.15, 0.2) is 70.4 Å². The second-order valence-electron chi connectivity index (χ2n) is 9.64. The summed E-state index contributed by atoms with van der Waals surface area (Å²) in [6, 6.07) is 17.4. The molecule has 0 aliphatic carbocycles. The number of piperidine rings is 1. The van der Waals surface area contributed by atoms with E-state index in [1.54, 1.807) is 27.4 Å². The van der Waals surface area contributed by atoms with Crippen molar-refractivity contribution in [1.29, 1.82) is 0 Å². The fraction of sp³-hybridized carbons (Fsp3) is 0.321. The Bertz CT molecular complexity index is 1630. The summed E-state index contributed by atoms with van der Waals surface area (Å²) in [5.74, 6) is -0.278. The number of nitrogens with zero attached hydrogens (tertiary/aromatic N) is 4. The molecule has 1 aliphatic rings. The van der Waals surface area contributed by atoms with Crippen molar-refractivity contribution in [2.45, 2.75) is 51.0 Å². The predicted octanol–water partition coefficient (Wildman–Crippen LogP) is 4.01. The molecule has 10 heteroatoms. The smallest absolute Gasteiger partial charge is 0.252 e. The number of aromatic nitrogens is 3. The predicted molar refractivity (Wildman–Crippen MR) is 147 cm³/mol. The molecule has 0 atom stereocenters. The fourth-order valence-corrected chi connectivity index (χ4v) is 6.55. The third-order valence-corrected chi connectivity index (χ3v) is 8.86. The van der Waals surface area contributed by atoms with Crippen LogP contribution in [0.3, 0.4) is 0 Å². The van der Waals surface area contributed by atoms with Gasteiger partial charge in [-0.15, -0.1) is 0 Å². The van der Waals surface area contributed by atoms with Gasteiger partial charge in [0.1, 0.15) is 5.65 Å². The van der Waals surface area contributed by atoms with Crippen molar-refractivity contribution in [3.8, 4) is 5.69 Å². The minimum atomic E-state index is -3.53. The van der Waals surface area contributed by atoms with Gasteiger partial charge in [-0.2, -0.15) is 9.40 Å².